The number of aliphatic hydroxyl groups excluding tert-OH is 1. The maximum atomic E-state index is 11.9. The number of carbonyl (C=O) groups is 1. The van der Waals surface area contributed by atoms with Crippen molar-refractivity contribution >= 4 is 12.0 Å². The van der Waals surface area contributed by atoms with E-state index in [9.17, 15) is 4.79 Å². The minimum Gasteiger partial charge on any atom is -0.487 e. The Morgan fingerprint density at radius 3 is 2.67 bits per heavy atom. The van der Waals surface area contributed by atoms with Crippen LogP contribution in [0.1, 0.15) is 18.2 Å². The van der Waals surface area contributed by atoms with Gasteiger partial charge in [-0.15, -0.1) is 0 Å². The van der Waals surface area contributed by atoms with Crippen LogP contribution in [0.25, 0.3) is 6.08 Å². The molecule has 0 fully saturated rings. The number of aliphatic hydroxyl groups is 1. The fourth-order valence-electron chi connectivity index (χ4n) is 1.94. The van der Waals surface area contributed by atoms with Crippen LogP contribution in [0.3, 0.4) is 0 Å². The molecule has 1 aromatic heterocycles. The molecule has 1 N–H and O–H groups in total. The number of carbonyl (C=O) groups excluding carboxylic acids is 1. The smallest absolute Gasteiger partial charge is 0.246 e. The molecule has 0 radical (unpaired) electrons. The Morgan fingerprint density at radius 1 is 1.29 bits per heavy atom. The lowest BCUT2D eigenvalue weighted by molar-refractivity contribution is -0.127. The number of aromatic nitrogens is 1. The van der Waals surface area contributed by atoms with E-state index in [-0.39, 0.29) is 18.6 Å². The van der Waals surface area contributed by atoms with Gasteiger partial charge >= 0.3 is 0 Å². The first-order chi connectivity index (χ1) is 11.6. The highest BCUT2D eigenvalue weighted by molar-refractivity contribution is 5.91. The van der Waals surface area contributed by atoms with E-state index in [4.69, 9.17) is 9.84 Å². The van der Waals surface area contributed by atoms with Gasteiger partial charge in [-0.2, -0.15) is 0 Å². The maximum absolute atomic E-state index is 11.9. The second kappa shape index (κ2) is 8.84. The molecule has 1 unspecified atom stereocenters. The van der Waals surface area contributed by atoms with Crippen molar-refractivity contribution < 1.29 is 14.6 Å². The van der Waals surface area contributed by atoms with Gasteiger partial charge in [0.2, 0.25) is 5.91 Å². The first kappa shape index (κ1) is 17.7. The number of nitrogens with zero attached hydrogens (tertiary/aromatic N) is 2. The van der Waals surface area contributed by atoms with Crippen molar-refractivity contribution in [1.29, 1.82) is 0 Å². The fraction of sp³-hybridized carbons (Fsp3) is 0.263. The van der Waals surface area contributed by atoms with Gasteiger partial charge in [-0.3, -0.25) is 9.78 Å². The Balaban J connectivity index is 1.89. The molecule has 0 aliphatic carbocycles. The summed E-state index contributed by atoms with van der Waals surface area (Å²) in [5.74, 6) is 0.599. The third kappa shape index (κ3) is 5.21. The minimum atomic E-state index is -0.204. The highest BCUT2D eigenvalue weighted by Crippen LogP contribution is 2.14. The molecule has 1 aromatic carbocycles. The molecule has 126 valence electrons. The normalized spacial score (nSPS) is 12.1. The molecule has 0 saturated heterocycles. The predicted molar refractivity (Wildman–Crippen MR) is 93.4 cm³/mol. The third-order valence-corrected chi connectivity index (χ3v) is 3.68. The Labute approximate surface area is 142 Å². The SMILES string of the molecule is CC(CO)N(C)C(=O)/C=C/c1ccc(OCc2ccccn2)cc1. The van der Waals surface area contributed by atoms with Crippen LogP contribution < -0.4 is 4.74 Å². The van der Waals surface area contributed by atoms with E-state index in [0.717, 1.165) is 17.0 Å². The van der Waals surface area contributed by atoms with Crippen molar-refractivity contribution in [3.63, 3.8) is 0 Å². The molecule has 2 rings (SSSR count). The lowest BCUT2D eigenvalue weighted by Gasteiger charge is -2.21. The highest BCUT2D eigenvalue weighted by Gasteiger charge is 2.11. The van der Waals surface area contributed by atoms with Gasteiger partial charge in [0, 0.05) is 19.3 Å². The molecule has 0 saturated carbocycles. The van der Waals surface area contributed by atoms with E-state index in [0.29, 0.717) is 6.61 Å². The van der Waals surface area contributed by atoms with Crippen molar-refractivity contribution in [2.75, 3.05) is 13.7 Å². The summed E-state index contributed by atoms with van der Waals surface area (Å²) in [6.07, 6.45) is 4.97. The summed E-state index contributed by atoms with van der Waals surface area (Å²) >= 11 is 0. The molecular formula is C19H22N2O3. The molecule has 5 heteroatoms. The Kier molecular flexibility index (Phi) is 6.51. The van der Waals surface area contributed by atoms with Crippen LogP contribution in [0.5, 0.6) is 5.75 Å². The third-order valence-electron chi connectivity index (χ3n) is 3.68. The highest BCUT2D eigenvalue weighted by atomic mass is 16.5. The van der Waals surface area contributed by atoms with E-state index >= 15 is 0 Å². The molecule has 0 aliphatic heterocycles. The van der Waals surface area contributed by atoms with E-state index in [1.807, 2.05) is 42.5 Å². The zero-order valence-corrected chi connectivity index (χ0v) is 13.9. The average molecular weight is 326 g/mol. The van der Waals surface area contributed by atoms with Crippen LogP contribution >= 0.6 is 0 Å². The lowest BCUT2D eigenvalue weighted by atomic mass is 10.2. The van der Waals surface area contributed by atoms with E-state index in [1.165, 1.54) is 11.0 Å². The first-order valence-corrected chi connectivity index (χ1v) is 7.78. The number of ether oxygens (including phenoxy) is 1. The van der Waals surface area contributed by atoms with Crippen LogP contribution in [-0.4, -0.2) is 40.6 Å². The standard InChI is InChI=1S/C19H22N2O3/c1-15(13-22)21(2)19(23)11-8-16-6-9-18(10-7-16)24-14-17-5-3-4-12-20-17/h3-12,15,22H,13-14H2,1-2H3/b11-8+. The summed E-state index contributed by atoms with van der Waals surface area (Å²) in [4.78, 5) is 17.6. The zero-order chi connectivity index (χ0) is 17.4. The molecule has 24 heavy (non-hydrogen) atoms. The van der Waals surface area contributed by atoms with Gasteiger partial charge < -0.3 is 14.7 Å². The minimum absolute atomic E-state index is 0.0572. The number of hydrogen-bond donors (Lipinski definition) is 1. The van der Waals surface area contributed by atoms with Crippen LogP contribution in [0, 0.1) is 0 Å². The summed E-state index contributed by atoms with van der Waals surface area (Å²) < 4.78 is 5.67. The Bertz CT molecular complexity index is 669. The summed E-state index contributed by atoms with van der Waals surface area (Å²) in [6, 6.07) is 13.0. The number of rotatable bonds is 7. The Hall–Kier alpha value is -2.66. The average Bonchev–Trinajstić information content (AvgIpc) is 2.64. The van der Waals surface area contributed by atoms with E-state index in [2.05, 4.69) is 4.98 Å². The van der Waals surface area contributed by atoms with Crippen LogP contribution in [0.2, 0.25) is 0 Å². The Morgan fingerprint density at radius 2 is 2.04 bits per heavy atom. The number of amides is 1. The molecule has 1 atom stereocenters. The van der Waals surface area contributed by atoms with Gasteiger partial charge in [0.25, 0.3) is 0 Å². The molecule has 2 aromatic rings. The number of benzene rings is 1. The van der Waals surface area contributed by atoms with Gasteiger partial charge in [-0.05, 0) is 42.8 Å². The first-order valence-electron chi connectivity index (χ1n) is 7.78. The monoisotopic (exact) mass is 326 g/mol. The van der Waals surface area contributed by atoms with Crippen molar-refractivity contribution in [3.05, 3.63) is 66.0 Å². The van der Waals surface area contributed by atoms with Gasteiger partial charge in [-0.25, -0.2) is 0 Å². The molecule has 0 aliphatic rings. The predicted octanol–water partition coefficient (Wildman–Crippen LogP) is 2.51. The van der Waals surface area contributed by atoms with Gasteiger partial charge in [-0.1, -0.05) is 18.2 Å². The number of pyridine rings is 1. The molecule has 0 bridgehead atoms. The topological polar surface area (TPSA) is 62.7 Å². The summed E-state index contributed by atoms with van der Waals surface area (Å²) in [5.41, 5.74) is 1.77. The number of likely N-dealkylation sites (N-methyl/N-ethyl adjacent to an activating group) is 1. The van der Waals surface area contributed by atoms with Crippen LogP contribution in [0.4, 0.5) is 0 Å². The molecule has 1 heterocycles. The van der Waals surface area contributed by atoms with Gasteiger partial charge in [0.1, 0.15) is 12.4 Å². The van der Waals surface area contributed by atoms with Crippen molar-refractivity contribution in [2.24, 2.45) is 0 Å². The zero-order valence-electron chi connectivity index (χ0n) is 13.9. The van der Waals surface area contributed by atoms with E-state index in [1.54, 1.807) is 26.2 Å². The lowest BCUT2D eigenvalue weighted by Crippen LogP contribution is -2.36. The largest absolute Gasteiger partial charge is 0.487 e. The summed E-state index contributed by atoms with van der Waals surface area (Å²) in [6.45, 7) is 2.15. The van der Waals surface area contributed by atoms with E-state index < -0.39 is 0 Å². The molecule has 1 amide bonds. The molecule has 5 nitrogen and oxygen atoms in total. The molecule has 0 spiro atoms. The second-order valence-corrected chi connectivity index (χ2v) is 5.49. The summed E-state index contributed by atoms with van der Waals surface area (Å²) in [7, 11) is 1.67. The molecular weight excluding hydrogens is 304 g/mol. The maximum Gasteiger partial charge on any atom is 0.246 e. The quantitative estimate of drug-likeness (QED) is 0.794. The van der Waals surface area contributed by atoms with Crippen molar-refractivity contribution in [3.8, 4) is 5.75 Å². The van der Waals surface area contributed by atoms with Crippen molar-refractivity contribution in [1.82, 2.24) is 9.88 Å². The van der Waals surface area contributed by atoms with Crippen LogP contribution in [-0.2, 0) is 11.4 Å². The van der Waals surface area contributed by atoms with Crippen LogP contribution in [0.15, 0.2) is 54.7 Å². The second-order valence-electron chi connectivity index (χ2n) is 5.49. The summed E-state index contributed by atoms with van der Waals surface area (Å²) in [5, 5.41) is 9.07. The van der Waals surface area contributed by atoms with Gasteiger partial charge in [0.15, 0.2) is 0 Å². The number of hydrogen-bond acceptors (Lipinski definition) is 4. The fourth-order valence-corrected chi connectivity index (χ4v) is 1.94. The van der Waals surface area contributed by atoms with Gasteiger partial charge in [0.05, 0.1) is 18.3 Å². The van der Waals surface area contributed by atoms with Crippen molar-refractivity contribution in [2.45, 2.75) is 19.6 Å².